The summed E-state index contributed by atoms with van der Waals surface area (Å²) < 4.78 is 5.38. The number of rotatable bonds is 11. The number of alkyl carbamates (subject to hydrolysis) is 1. The molecule has 1 aliphatic heterocycles. The number of hydrazine groups is 1. The lowest BCUT2D eigenvalue weighted by Gasteiger charge is -2.25. The average Bonchev–Trinajstić information content (AvgIpc) is 3.27. The van der Waals surface area contributed by atoms with Gasteiger partial charge < -0.3 is 15.4 Å². The van der Waals surface area contributed by atoms with E-state index in [9.17, 15) is 14.4 Å². The molecular formula is C31H42N4O4. The van der Waals surface area contributed by atoms with Crippen molar-refractivity contribution in [3.63, 3.8) is 0 Å². The van der Waals surface area contributed by atoms with Gasteiger partial charge in [-0.15, -0.1) is 0 Å². The number of anilines is 1. The second-order valence-electron chi connectivity index (χ2n) is 11.3. The fourth-order valence-electron chi connectivity index (χ4n) is 4.45. The van der Waals surface area contributed by atoms with Gasteiger partial charge in [-0.2, -0.15) is 0 Å². The lowest BCUT2D eigenvalue weighted by Crippen LogP contribution is -2.51. The van der Waals surface area contributed by atoms with E-state index in [4.69, 9.17) is 4.74 Å². The molecule has 0 saturated heterocycles. The molecule has 8 heteroatoms. The van der Waals surface area contributed by atoms with Crippen molar-refractivity contribution in [3.05, 3.63) is 77.9 Å². The normalized spacial score (nSPS) is 14.6. The molecule has 2 aromatic rings. The Hall–Kier alpha value is -3.81. The van der Waals surface area contributed by atoms with Crippen molar-refractivity contribution in [2.45, 2.75) is 78.0 Å². The predicted molar refractivity (Wildman–Crippen MR) is 154 cm³/mol. The lowest BCUT2D eigenvalue weighted by atomic mass is 10.0. The van der Waals surface area contributed by atoms with Gasteiger partial charge in [0.1, 0.15) is 11.6 Å². The Labute approximate surface area is 232 Å². The number of ether oxygens (including phenoxy) is 1. The third-order valence-electron chi connectivity index (χ3n) is 6.24. The van der Waals surface area contributed by atoms with E-state index < -0.39 is 23.8 Å². The van der Waals surface area contributed by atoms with Crippen molar-refractivity contribution >= 4 is 23.6 Å². The van der Waals surface area contributed by atoms with Crippen LogP contribution in [0.5, 0.6) is 0 Å². The van der Waals surface area contributed by atoms with Crippen LogP contribution in [-0.2, 0) is 27.2 Å². The zero-order chi connectivity index (χ0) is 28.4. The molecule has 0 saturated carbocycles. The van der Waals surface area contributed by atoms with Crippen molar-refractivity contribution in [1.82, 2.24) is 16.1 Å². The quantitative estimate of drug-likeness (QED) is 0.363. The molecule has 1 heterocycles. The van der Waals surface area contributed by atoms with Crippen LogP contribution >= 0.6 is 0 Å². The maximum atomic E-state index is 13.3. The van der Waals surface area contributed by atoms with E-state index in [0.717, 1.165) is 17.7 Å². The first-order valence-electron chi connectivity index (χ1n) is 13.7. The number of nitrogens with zero attached hydrogens (tertiary/aromatic N) is 1. The Bertz CT molecular complexity index is 1140. The van der Waals surface area contributed by atoms with Gasteiger partial charge in [-0.3, -0.25) is 20.0 Å². The second kappa shape index (κ2) is 13.8. The van der Waals surface area contributed by atoms with Gasteiger partial charge in [0.15, 0.2) is 0 Å². The predicted octanol–water partition coefficient (Wildman–Crippen LogP) is 4.69. The fraction of sp³-hybridized carbons (Fsp3) is 0.452. The second-order valence-corrected chi connectivity index (χ2v) is 11.3. The molecule has 39 heavy (non-hydrogen) atoms. The molecule has 0 spiro atoms. The van der Waals surface area contributed by atoms with Crippen LogP contribution in [0.25, 0.3) is 0 Å². The molecule has 1 unspecified atom stereocenters. The highest BCUT2D eigenvalue weighted by molar-refractivity contribution is 5.89. The summed E-state index contributed by atoms with van der Waals surface area (Å²) in [5.74, 6) is -0.412. The molecule has 8 nitrogen and oxygen atoms in total. The highest BCUT2D eigenvalue weighted by Gasteiger charge is 2.26. The standard InChI is InChI=1S/C31H42N4O4/c1-22(2)21-26(33-30(38)39-31(3,4)5)29(37)32-25(16-15-23-11-7-6-8-12-23)17-18-28(36)34-35-20-19-24-13-9-10-14-27(24)35/h6-14,17-18,22,25-26H,15-16,19-21H2,1-5H3,(H,32,37)(H,33,38)(H,34,36)/b18-17+/t25?,26-/m0/s1. The largest absolute Gasteiger partial charge is 0.444 e. The number of benzene rings is 2. The highest BCUT2D eigenvalue weighted by atomic mass is 16.6. The summed E-state index contributed by atoms with van der Waals surface area (Å²) in [4.78, 5) is 38.6. The highest BCUT2D eigenvalue weighted by Crippen LogP contribution is 2.25. The number of para-hydroxylation sites is 1. The van der Waals surface area contributed by atoms with Crippen LogP contribution in [-0.4, -0.2) is 42.1 Å². The summed E-state index contributed by atoms with van der Waals surface area (Å²) in [6.45, 7) is 10.0. The smallest absolute Gasteiger partial charge is 0.408 e. The van der Waals surface area contributed by atoms with E-state index in [-0.39, 0.29) is 17.7 Å². The van der Waals surface area contributed by atoms with Crippen molar-refractivity contribution < 1.29 is 19.1 Å². The van der Waals surface area contributed by atoms with Gasteiger partial charge in [0.25, 0.3) is 5.91 Å². The van der Waals surface area contributed by atoms with E-state index >= 15 is 0 Å². The van der Waals surface area contributed by atoms with E-state index in [2.05, 4.69) is 22.1 Å². The third kappa shape index (κ3) is 10.1. The zero-order valence-corrected chi connectivity index (χ0v) is 23.7. The molecule has 3 N–H and O–H groups in total. The fourth-order valence-corrected chi connectivity index (χ4v) is 4.45. The Morgan fingerprint density at radius 3 is 2.38 bits per heavy atom. The summed E-state index contributed by atoms with van der Waals surface area (Å²) in [7, 11) is 0. The van der Waals surface area contributed by atoms with Crippen molar-refractivity contribution in [2.75, 3.05) is 11.6 Å². The third-order valence-corrected chi connectivity index (χ3v) is 6.24. The number of carbonyl (C=O) groups is 3. The number of aryl methyl sites for hydroxylation is 1. The number of hydrogen-bond donors (Lipinski definition) is 3. The Kier molecular flexibility index (Phi) is 10.5. The molecule has 0 fully saturated rings. The Morgan fingerprint density at radius 1 is 1.00 bits per heavy atom. The van der Waals surface area contributed by atoms with E-state index in [0.29, 0.717) is 25.8 Å². The van der Waals surface area contributed by atoms with Gasteiger partial charge in [-0.25, -0.2) is 4.79 Å². The summed E-state index contributed by atoms with van der Waals surface area (Å²) >= 11 is 0. The summed E-state index contributed by atoms with van der Waals surface area (Å²) in [5.41, 5.74) is 5.59. The lowest BCUT2D eigenvalue weighted by molar-refractivity contribution is -0.124. The van der Waals surface area contributed by atoms with Crippen LogP contribution in [0, 0.1) is 5.92 Å². The molecule has 3 rings (SSSR count). The number of nitrogens with one attached hydrogen (secondary N) is 3. The van der Waals surface area contributed by atoms with Crippen LogP contribution in [0.4, 0.5) is 10.5 Å². The minimum atomic E-state index is -0.762. The first kappa shape index (κ1) is 29.7. The summed E-state index contributed by atoms with van der Waals surface area (Å²) in [6.07, 6.45) is 5.18. The monoisotopic (exact) mass is 534 g/mol. The molecule has 1 aliphatic rings. The van der Waals surface area contributed by atoms with Gasteiger partial charge in [0.2, 0.25) is 5.91 Å². The van der Waals surface area contributed by atoms with Crippen molar-refractivity contribution in [3.8, 4) is 0 Å². The van der Waals surface area contributed by atoms with E-state index in [1.165, 1.54) is 11.6 Å². The molecule has 0 bridgehead atoms. The molecule has 210 valence electrons. The molecule has 3 amide bonds. The van der Waals surface area contributed by atoms with E-state index in [1.54, 1.807) is 26.8 Å². The number of fused-ring (bicyclic) bond motifs is 1. The number of amides is 3. The average molecular weight is 535 g/mol. The topological polar surface area (TPSA) is 99.8 Å². The minimum absolute atomic E-state index is 0.170. The summed E-state index contributed by atoms with van der Waals surface area (Å²) in [6, 6.07) is 16.8. The van der Waals surface area contributed by atoms with Crippen molar-refractivity contribution in [1.29, 1.82) is 0 Å². The van der Waals surface area contributed by atoms with Crippen molar-refractivity contribution in [2.24, 2.45) is 5.92 Å². The molecule has 2 atom stereocenters. The molecule has 0 aliphatic carbocycles. The molecule has 0 radical (unpaired) electrons. The van der Waals surface area contributed by atoms with Gasteiger partial charge >= 0.3 is 6.09 Å². The van der Waals surface area contributed by atoms with Gasteiger partial charge in [-0.05, 0) is 69.6 Å². The summed E-state index contributed by atoms with van der Waals surface area (Å²) in [5, 5.41) is 7.61. The number of carbonyl (C=O) groups excluding carboxylic acids is 3. The van der Waals surface area contributed by atoms with Gasteiger partial charge in [-0.1, -0.05) is 68.5 Å². The SMILES string of the molecule is CC(C)C[C@H](NC(=O)OC(C)(C)C)C(=O)NC(/C=C/C(=O)NN1CCc2ccccc21)CCc1ccccc1. The maximum Gasteiger partial charge on any atom is 0.408 e. The van der Waals surface area contributed by atoms with Gasteiger partial charge in [0, 0.05) is 18.7 Å². The van der Waals surface area contributed by atoms with Gasteiger partial charge in [0.05, 0.1) is 5.69 Å². The zero-order valence-electron chi connectivity index (χ0n) is 23.7. The minimum Gasteiger partial charge on any atom is -0.444 e. The van der Waals surface area contributed by atoms with Crippen LogP contribution in [0.1, 0.15) is 58.6 Å². The van der Waals surface area contributed by atoms with E-state index in [1.807, 2.05) is 67.4 Å². The molecular weight excluding hydrogens is 492 g/mol. The Balaban J connectivity index is 1.69. The van der Waals surface area contributed by atoms with Crippen LogP contribution < -0.4 is 21.1 Å². The van der Waals surface area contributed by atoms with Crippen LogP contribution in [0.3, 0.4) is 0 Å². The molecule has 0 aromatic heterocycles. The Morgan fingerprint density at radius 2 is 1.69 bits per heavy atom. The first-order valence-corrected chi connectivity index (χ1v) is 13.7. The number of hydrogen-bond acceptors (Lipinski definition) is 5. The first-order chi connectivity index (χ1) is 18.5. The van der Waals surface area contributed by atoms with Crippen LogP contribution in [0.15, 0.2) is 66.7 Å². The van der Waals surface area contributed by atoms with Crippen LogP contribution in [0.2, 0.25) is 0 Å². The maximum absolute atomic E-state index is 13.3. The molecule has 2 aromatic carbocycles.